The van der Waals surface area contributed by atoms with E-state index in [1.165, 1.54) is 32.1 Å². The highest BCUT2D eigenvalue weighted by Gasteiger charge is 2.28. The van der Waals surface area contributed by atoms with Gasteiger partial charge in [0.15, 0.2) is 0 Å². The molecule has 0 unspecified atom stereocenters. The molecule has 14 heavy (non-hydrogen) atoms. The third-order valence-electron chi connectivity index (χ3n) is 2.83. The Morgan fingerprint density at radius 2 is 1.50 bits per heavy atom. The van der Waals surface area contributed by atoms with Crippen LogP contribution in [0.4, 0.5) is 0 Å². The quantitative estimate of drug-likeness (QED) is 0.548. The number of hydrogen-bond acceptors (Lipinski definition) is 4. The van der Waals surface area contributed by atoms with Crippen LogP contribution in [-0.2, 0) is 16.5 Å². The Bertz CT molecular complexity index is 158. The van der Waals surface area contributed by atoms with Crippen molar-refractivity contribution in [1.29, 1.82) is 0 Å². The zero-order valence-electron chi connectivity index (χ0n) is 8.44. The first-order valence-electron chi connectivity index (χ1n) is 5.35. The van der Waals surface area contributed by atoms with Crippen molar-refractivity contribution < 1.29 is 16.5 Å². The maximum atomic E-state index is 5.85. The lowest BCUT2D eigenvalue weighted by Gasteiger charge is -2.29. The molecule has 0 bridgehead atoms. The first kappa shape index (κ1) is 11.2. The zero-order chi connectivity index (χ0) is 9.64. The van der Waals surface area contributed by atoms with Gasteiger partial charge in [0.05, 0.1) is 0 Å². The van der Waals surface area contributed by atoms with Crippen LogP contribution >= 0.6 is 0 Å². The van der Waals surface area contributed by atoms with E-state index in [-0.39, 0.29) is 0 Å². The molecule has 2 aliphatic rings. The van der Waals surface area contributed by atoms with Gasteiger partial charge in [-0.15, -0.1) is 0 Å². The van der Waals surface area contributed by atoms with Gasteiger partial charge in [-0.3, -0.25) is 0 Å². The summed E-state index contributed by atoms with van der Waals surface area (Å²) < 4.78 is 22.5. The summed E-state index contributed by atoms with van der Waals surface area (Å²) in [5.74, 6) is 0. The molecule has 0 spiro atoms. The summed E-state index contributed by atoms with van der Waals surface area (Å²) in [4.78, 5) is 0. The Kier molecular flexibility index (Phi) is 5.06. The van der Waals surface area contributed by atoms with Crippen LogP contribution < -0.4 is 0 Å². The van der Waals surface area contributed by atoms with Crippen molar-refractivity contribution in [2.45, 2.75) is 37.6 Å². The molecule has 0 aromatic carbocycles. The molecular weight excluding hydrogens is 248 g/mol. The highest BCUT2D eigenvalue weighted by atomic mass is 28.4. The second-order valence-electron chi connectivity index (χ2n) is 3.86. The fourth-order valence-electron chi connectivity index (χ4n) is 2.08. The predicted octanol–water partition coefficient (Wildman–Crippen LogP) is -1.38. The maximum absolute atomic E-state index is 5.85. The molecule has 0 aromatic heterocycles. The molecule has 1 heterocycles. The predicted molar refractivity (Wildman–Crippen MR) is 64.0 cm³/mol. The molecule has 4 nitrogen and oxygen atoms in total. The summed E-state index contributed by atoms with van der Waals surface area (Å²) in [5.41, 5.74) is 0.746. The lowest BCUT2D eigenvalue weighted by molar-refractivity contribution is 0.306. The van der Waals surface area contributed by atoms with Crippen molar-refractivity contribution >= 4 is 39.3 Å². The van der Waals surface area contributed by atoms with Gasteiger partial charge in [0.25, 0.3) is 30.0 Å². The lowest BCUT2D eigenvalue weighted by atomic mass is 10.0. The summed E-state index contributed by atoms with van der Waals surface area (Å²) >= 11 is 0. The maximum Gasteiger partial charge on any atom is 0.306 e. The Labute approximate surface area is 93.7 Å². The monoisotopic (exact) mass is 266 g/mol. The van der Waals surface area contributed by atoms with Crippen LogP contribution in [-0.4, -0.2) is 39.3 Å². The number of hydrogen-bond donors (Lipinski definition) is 0. The first-order valence-corrected chi connectivity index (χ1v) is 10.4. The van der Waals surface area contributed by atoms with E-state index in [9.17, 15) is 0 Å². The van der Waals surface area contributed by atoms with Gasteiger partial charge in [-0.05, 0) is 18.4 Å². The molecule has 1 aliphatic heterocycles. The lowest BCUT2D eigenvalue weighted by Crippen LogP contribution is -2.37. The highest BCUT2D eigenvalue weighted by molar-refractivity contribution is 6.61. The van der Waals surface area contributed by atoms with Crippen molar-refractivity contribution in [3.63, 3.8) is 0 Å². The van der Waals surface area contributed by atoms with E-state index in [0.717, 1.165) is 5.54 Å². The fraction of sp³-hybridized carbons (Fsp3) is 1.00. The Balaban J connectivity index is 1.80. The molecule has 0 N–H and O–H groups in total. The van der Waals surface area contributed by atoms with Gasteiger partial charge < -0.3 is 16.5 Å². The average molecular weight is 267 g/mol. The van der Waals surface area contributed by atoms with Crippen molar-refractivity contribution in [3.8, 4) is 0 Å². The van der Waals surface area contributed by atoms with E-state index in [0.29, 0.717) is 0 Å². The molecule has 0 atom stereocenters. The summed E-state index contributed by atoms with van der Waals surface area (Å²) in [6.45, 7) is 0. The molecule has 0 aromatic rings. The van der Waals surface area contributed by atoms with Crippen LogP contribution in [0.1, 0.15) is 32.1 Å². The third kappa shape index (κ3) is 3.38. The smallest absolute Gasteiger partial charge is 0.306 e. The van der Waals surface area contributed by atoms with Crippen molar-refractivity contribution in [2.75, 3.05) is 0 Å². The van der Waals surface area contributed by atoms with Gasteiger partial charge >= 0.3 is 9.28 Å². The average Bonchev–Trinajstić information content (AvgIpc) is 2.18. The molecular formula is C6H18O4Si4. The molecule has 0 amide bonds. The summed E-state index contributed by atoms with van der Waals surface area (Å²) in [7, 11) is -3.58. The molecule has 2 fully saturated rings. The molecule has 1 saturated carbocycles. The Hall–Kier alpha value is 0.708. The fourth-order valence-corrected chi connectivity index (χ4v) is 12.2. The molecule has 2 rings (SSSR count). The molecule has 0 radical (unpaired) electrons. The Morgan fingerprint density at radius 3 is 2.14 bits per heavy atom. The van der Waals surface area contributed by atoms with E-state index >= 15 is 0 Å². The summed E-state index contributed by atoms with van der Waals surface area (Å²) in [6.07, 6.45) is 6.75. The first-order chi connectivity index (χ1) is 6.97. The van der Waals surface area contributed by atoms with Gasteiger partial charge in [0, 0.05) is 0 Å². The standard InChI is InChI=1S/C6H18O4Si4/c1-2-4-6(5-3-1)14-9-12-7-11-8-13-10-14/h6,14H,1-5,11-13H2. The SMILES string of the molecule is C1CCC([SiH]2O[SiH2]O[SiH2]O[SiH2]O2)CC1. The van der Waals surface area contributed by atoms with Crippen LogP contribution in [0.15, 0.2) is 0 Å². The van der Waals surface area contributed by atoms with Gasteiger partial charge in [-0.2, -0.15) is 0 Å². The topological polar surface area (TPSA) is 36.9 Å². The van der Waals surface area contributed by atoms with E-state index in [1.807, 2.05) is 0 Å². The second-order valence-corrected chi connectivity index (χ2v) is 12.2. The van der Waals surface area contributed by atoms with E-state index in [1.54, 1.807) is 0 Å². The Morgan fingerprint density at radius 1 is 0.857 bits per heavy atom. The van der Waals surface area contributed by atoms with Crippen molar-refractivity contribution in [2.24, 2.45) is 0 Å². The third-order valence-corrected chi connectivity index (χ3v) is 10.7. The number of rotatable bonds is 1. The van der Waals surface area contributed by atoms with Gasteiger partial charge in [0.2, 0.25) is 0 Å². The summed E-state index contributed by atoms with van der Waals surface area (Å²) in [5, 5.41) is 0. The molecule has 1 saturated heterocycles. The van der Waals surface area contributed by atoms with Crippen LogP contribution in [0.25, 0.3) is 0 Å². The van der Waals surface area contributed by atoms with Crippen molar-refractivity contribution in [1.82, 2.24) is 0 Å². The molecule has 8 heteroatoms. The van der Waals surface area contributed by atoms with E-state index in [2.05, 4.69) is 0 Å². The van der Waals surface area contributed by atoms with Crippen LogP contribution in [0, 0.1) is 0 Å². The van der Waals surface area contributed by atoms with Gasteiger partial charge in [-0.25, -0.2) is 0 Å². The minimum absolute atomic E-state index is 0.704. The minimum Gasteiger partial charge on any atom is -0.425 e. The molecule has 1 aliphatic carbocycles. The largest absolute Gasteiger partial charge is 0.425 e. The van der Waals surface area contributed by atoms with Gasteiger partial charge in [0.1, 0.15) is 0 Å². The van der Waals surface area contributed by atoms with Gasteiger partial charge in [-0.1, -0.05) is 19.3 Å². The van der Waals surface area contributed by atoms with Crippen LogP contribution in [0.3, 0.4) is 0 Å². The normalized spacial score (nSPS) is 37.3. The van der Waals surface area contributed by atoms with E-state index < -0.39 is 39.3 Å². The molecule has 82 valence electrons. The van der Waals surface area contributed by atoms with Crippen LogP contribution in [0.2, 0.25) is 5.54 Å². The van der Waals surface area contributed by atoms with E-state index in [4.69, 9.17) is 16.5 Å². The zero-order valence-corrected chi connectivity index (χ0v) is 13.8. The second kappa shape index (κ2) is 6.32. The van der Waals surface area contributed by atoms with Crippen molar-refractivity contribution in [3.05, 3.63) is 0 Å². The van der Waals surface area contributed by atoms with Crippen LogP contribution in [0.5, 0.6) is 0 Å². The minimum atomic E-state index is -1.39. The highest BCUT2D eigenvalue weighted by Crippen LogP contribution is 2.31. The summed E-state index contributed by atoms with van der Waals surface area (Å²) in [6, 6.07) is 0.